The van der Waals surface area contributed by atoms with Gasteiger partial charge in [-0.15, -0.1) is 11.3 Å². The summed E-state index contributed by atoms with van der Waals surface area (Å²) in [5.74, 6) is 0. The van der Waals surface area contributed by atoms with Crippen molar-refractivity contribution < 1.29 is 0 Å². The summed E-state index contributed by atoms with van der Waals surface area (Å²) in [5.41, 5.74) is 2.08. The Bertz CT molecular complexity index is 366. The molecule has 1 N–H and O–H groups in total. The van der Waals surface area contributed by atoms with Crippen LogP contribution in [-0.4, -0.2) is 31.1 Å². The van der Waals surface area contributed by atoms with Crippen molar-refractivity contribution in [1.82, 2.24) is 10.2 Å². The first-order valence-electron chi connectivity index (χ1n) is 6.24. The third-order valence-corrected chi connectivity index (χ3v) is 4.97. The first-order chi connectivity index (χ1) is 7.75. The molecule has 3 rings (SSSR count). The summed E-state index contributed by atoms with van der Waals surface area (Å²) in [6.45, 7) is 8.51. The summed E-state index contributed by atoms with van der Waals surface area (Å²) >= 11 is 1.93. The largest absolute Gasteiger partial charge is 0.316 e. The third-order valence-electron chi connectivity index (χ3n) is 3.95. The first kappa shape index (κ1) is 10.8. The second kappa shape index (κ2) is 4.13. The van der Waals surface area contributed by atoms with E-state index in [4.69, 9.17) is 0 Å². The zero-order chi connectivity index (χ0) is 11.0. The smallest absolute Gasteiger partial charge is 0.0245 e. The maximum absolute atomic E-state index is 3.49. The summed E-state index contributed by atoms with van der Waals surface area (Å²) < 4.78 is 0. The van der Waals surface area contributed by atoms with Crippen LogP contribution < -0.4 is 5.32 Å². The SMILES string of the molecule is CC1(CN2CCc3sccc3C2)CCNC1. The fraction of sp³-hybridized carbons (Fsp3) is 0.692. The lowest BCUT2D eigenvalue weighted by molar-refractivity contribution is 0.165. The average molecular weight is 236 g/mol. The van der Waals surface area contributed by atoms with Gasteiger partial charge in [-0.1, -0.05) is 6.92 Å². The standard InChI is InChI=1S/C13H20N2S/c1-13(4-5-14-9-13)10-15-6-2-12-11(8-15)3-7-16-12/h3,7,14H,2,4-6,8-10H2,1H3. The summed E-state index contributed by atoms with van der Waals surface area (Å²) in [4.78, 5) is 4.26. The van der Waals surface area contributed by atoms with E-state index in [0.29, 0.717) is 5.41 Å². The van der Waals surface area contributed by atoms with Crippen LogP contribution in [-0.2, 0) is 13.0 Å². The van der Waals surface area contributed by atoms with Gasteiger partial charge in [-0.2, -0.15) is 0 Å². The molecular weight excluding hydrogens is 216 g/mol. The van der Waals surface area contributed by atoms with Crippen molar-refractivity contribution in [3.63, 3.8) is 0 Å². The molecule has 16 heavy (non-hydrogen) atoms. The Morgan fingerprint density at radius 3 is 3.31 bits per heavy atom. The number of thiophene rings is 1. The first-order valence-corrected chi connectivity index (χ1v) is 7.12. The lowest BCUT2D eigenvalue weighted by Gasteiger charge is -2.34. The minimum Gasteiger partial charge on any atom is -0.316 e. The quantitative estimate of drug-likeness (QED) is 0.846. The van der Waals surface area contributed by atoms with Crippen molar-refractivity contribution in [2.75, 3.05) is 26.2 Å². The molecular formula is C13H20N2S. The molecule has 0 aliphatic carbocycles. The van der Waals surface area contributed by atoms with E-state index in [1.807, 2.05) is 11.3 Å². The minimum atomic E-state index is 0.507. The van der Waals surface area contributed by atoms with E-state index in [0.717, 1.165) is 0 Å². The van der Waals surface area contributed by atoms with Gasteiger partial charge >= 0.3 is 0 Å². The predicted octanol–water partition coefficient (Wildman–Crippen LogP) is 2.11. The minimum absolute atomic E-state index is 0.507. The third kappa shape index (κ3) is 2.04. The van der Waals surface area contributed by atoms with E-state index >= 15 is 0 Å². The monoisotopic (exact) mass is 236 g/mol. The molecule has 88 valence electrons. The molecule has 1 saturated heterocycles. The molecule has 0 saturated carbocycles. The molecule has 2 aliphatic rings. The molecule has 0 spiro atoms. The molecule has 1 aromatic rings. The van der Waals surface area contributed by atoms with Gasteiger partial charge in [-0.05, 0) is 41.8 Å². The van der Waals surface area contributed by atoms with Crippen LogP contribution in [0.1, 0.15) is 23.8 Å². The van der Waals surface area contributed by atoms with Crippen LogP contribution in [0.5, 0.6) is 0 Å². The Morgan fingerprint density at radius 1 is 1.56 bits per heavy atom. The number of fused-ring (bicyclic) bond motifs is 1. The molecule has 2 nitrogen and oxygen atoms in total. The van der Waals surface area contributed by atoms with Gasteiger partial charge in [-0.25, -0.2) is 0 Å². The fourth-order valence-electron chi connectivity index (χ4n) is 2.99. The normalized spacial score (nSPS) is 30.6. The molecule has 0 bridgehead atoms. The number of nitrogens with one attached hydrogen (secondary N) is 1. The summed E-state index contributed by atoms with van der Waals surface area (Å²) in [7, 11) is 0. The van der Waals surface area contributed by atoms with E-state index in [-0.39, 0.29) is 0 Å². The Hall–Kier alpha value is -0.380. The van der Waals surface area contributed by atoms with E-state index in [1.165, 1.54) is 45.6 Å². The van der Waals surface area contributed by atoms with Crippen molar-refractivity contribution in [3.05, 3.63) is 21.9 Å². The van der Waals surface area contributed by atoms with E-state index in [1.54, 1.807) is 10.4 Å². The second-order valence-electron chi connectivity index (χ2n) is 5.57. The highest BCUT2D eigenvalue weighted by molar-refractivity contribution is 7.10. The highest BCUT2D eigenvalue weighted by Gasteiger charge is 2.31. The molecule has 1 fully saturated rings. The maximum Gasteiger partial charge on any atom is 0.0245 e. The van der Waals surface area contributed by atoms with Crippen LogP contribution in [0.25, 0.3) is 0 Å². The number of hydrogen-bond acceptors (Lipinski definition) is 3. The summed E-state index contributed by atoms with van der Waals surface area (Å²) in [6, 6.07) is 2.31. The Balaban J connectivity index is 1.65. The molecule has 1 atom stereocenters. The lowest BCUT2D eigenvalue weighted by Crippen LogP contribution is -2.39. The zero-order valence-corrected chi connectivity index (χ0v) is 10.8. The Kier molecular flexibility index (Phi) is 2.78. The highest BCUT2D eigenvalue weighted by Crippen LogP contribution is 2.30. The van der Waals surface area contributed by atoms with Crippen molar-refractivity contribution >= 4 is 11.3 Å². The zero-order valence-electron chi connectivity index (χ0n) is 9.96. The van der Waals surface area contributed by atoms with E-state index in [2.05, 4.69) is 28.6 Å². The summed E-state index contributed by atoms with van der Waals surface area (Å²) in [5, 5.41) is 5.74. The van der Waals surface area contributed by atoms with Gasteiger partial charge in [0, 0.05) is 31.1 Å². The molecule has 3 heterocycles. The van der Waals surface area contributed by atoms with Crippen molar-refractivity contribution in [2.24, 2.45) is 5.41 Å². The maximum atomic E-state index is 3.49. The van der Waals surface area contributed by atoms with Crippen LogP contribution in [0.15, 0.2) is 11.4 Å². The molecule has 0 amide bonds. The van der Waals surface area contributed by atoms with Crippen LogP contribution in [0, 0.1) is 5.41 Å². The van der Waals surface area contributed by atoms with Gasteiger partial charge in [0.05, 0.1) is 0 Å². The van der Waals surface area contributed by atoms with Crippen molar-refractivity contribution in [1.29, 1.82) is 0 Å². The van der Waals surface area contributed by atoms with Gasteiger partial charge in [0.1, 0.15) is 0 Å². The van der Waals surface area contributed by atoms with E-state index < -0.39 is 0 Å². The molecule has 3 heteroatoms. The molecule has 1 aromatic heterocycles. The molecule has 0 aromatic carbocycles. The molecule has 0 radical (unpaired) electrons. The Labute approximate surface area is 102 Å². The van der Waals surface area contributed by atoms with Crippen LogP contribution >= 0.6 is 11.3 Å². The van der Waals surface area contributed by atoms with Crippen LogP contribution in [0.2, 0.25) is 0 Å². The summed E-state index contributed by atoms with van der Waals surface area (Å²) in [6.07, 6.45) is 2.59. The number of hydrogen-bond donors (Lipinski definition) is 1. The molecule has 1 unspecified atom stereocenters. The lowest BCUT2D eigenvalue weighted by atomic mass is 9.88. The predicted molar refractivity (Wildman–Crippen MR) is 68.9 cm³/mol. The highest BCUT2D eigenvalue weighted by atomic mass is 32.1. The fourth-order valence-corrected chi connectivity index (χ4v) is 3.88. The molecule has 2 aliphatic heterocycles. The van der Waals surface area contributed by atoms with Gasteiger partial charge < -0.3 is 5.32 Å². The topological polar surface area (TPSA) is 15.3 Å². The van der Waals surface area contributed by atoms with Crippen LogP contribution in [0.4, 0.5) is 0 Å². The average Bonchev–Trinajstić information content (AvgIpc) is 2.86. The van der Waals surface area contributed by atoms with Crippen molar-refractivity contribution in [3.8, 4) is 0 Å². The van der Waals surface area contributed by atoms with E-state index in [9.17, 15) is 0 Å². The van der Waals surface area contributed by atoms with Crippen LogP contribution in [0.3, 0.4) is 0 Å². The number of rotatable bonds is 2. The van der Waals surface area contributed by atoms with Gasteiger partial charge in [0.25, 0.3) is 0 Å². The van der Waals surface area contributed by atoms with Gasteiger partial charge in [-0.3, -0.25) is 4.90 Å². The van der Waals surface area contributed by atoms with Gasteiger partial charge in [0.15, 0.2) is 0 Å². The van der Waals surface area contributed by atoms with Crippen molar-refractivity contribution in [2.45, 2.75) is 26.3 Å². The van der Waals surface area contributed by atoms with Gasteiger partial charge in [0.2, 0.25) is 0 Å². The number of nitrogens with zero attached hydrogens (tertiary/aromatic N) is 1. The Morgan fingerprint density at radius 2 is 2.50 bits per heavy atom. The second-order valence-corrected chi connectivity index (χ2v) is 6.57.